The van der Waals surface area contributed by atoms with Gasteiger partial charge in [0.2, 0.25) is 0 Å². The monoisotopic (exact) mass is 209 g/mol. The molecule has 0 atom stereocenters. The highest BCUT2D eigenvalue weighted by atomic mass is 19.1. The Kier molecular flexibility index (Phi) is 2.15. The van der Waals surface area contributed by atoms with E-state index in [1.165, 1.54) is 4.68 Å². The SMILES string of the molecule is Cc1ccn(-c2cc(F)cc(F)c2N)n1. The van der Waals surface area contributed by atoms with E-state index in [-0.39, 0.29) is 11.4 Å². The summed E-state index contributed by atoms with van der Waals surface area (Å²) in [6, 6.07) is 3.61. The zero-order chi connectivity index (χ0) is 11.0. The molecule has 0 spiro atoms. The molecule has 3 nitrogen and oxygen atoms in total. The van der Waals surface area contributed by atoms with Crippen molar-refractivity contribution in [3.8, 4) is 5.69 Å². The first kappa shape index (κ1) is 9.64. The fraction of sp³-hybridized carbons (Fsp3) is 0.100. The van der Waals surface area contributed by atoms with Crippen LogP contribution in [0.3, 0.4) is 0 Å². The maximum atomic E-state index is 13.1. The third-order valence-electron chi connectivity index (χ3n) is 2.04. The quantitative estimate of drug-likeness (QED) is 0.730. The largest absolute Gasteiger partial charge is 0.395 e. The smallest absolute Gasteiger partial charge is 0.151 e. The van der Waals surface area contributed by atoms with E-state index >= 15 is 0 Å². The summed E-state index contributed by atoms with van der Waals surface area (Å²) >= 11 is 0. The van der Waals surface area contributed by atoms with Crippen LogP contribution in [-0.4, -0.2) is 9.78 Å². The van der Waals surface area contributed by atoms with E-state index in [2.05, 4.69) is 5.10 Å². The average molecular weight is 209 g/mol. The molecule has 0 radical (unpaired) electrons. The van der Waals surface area contributed by atoms with E-state index in [1.807, 2.05) is 0 Å². The molecule has 0 unspecified atom stereocenters. The highest BCUT2D eigenvalue weighted by molar-refractivity contribution is 5.58. The van der Waals surface area contributed by atoms with Gasteiger partial charge in [-0.3, -0.25) is 0 Å². The summed E-state index contributed by atoms with van der Waals surface area (Å²) in [4.78, 5) is 0. The van der Waals surface area contributed by atoms with Crippen molar-refractivity contribution in [3.63, 3.8) is 0 Å². The van der Waals surface area contributed by atoms with Gasteiger partial charge in [0.15, 0.2) is 5.82 Å². The van der Waals surface area contributed by atoms with Crippen LogP contribution in [0, 0.1) is 18.6 Å². The summed E-state index contributed by atoms with van der Waals surface area (Å²) in [7, 11) is 0. The molecule has 78 valence electrons. The molecular formula is C10H9F2N3. The second kappa shape index (κ2) is 3.34. The summed E-state index contributed by atoms with van der Waals surface area (Å²) in [5.74, 6) is -1.46. The van der Waals surface area contributed by atoms with Crippen molar-refractivity contribution in [1.82, 2.24) is 9.78 Å². The molecule has 2 N–H and O–H groups in total. The van der Waals surface area contributed by atoms with Crippen LogP contribution in [0.25, 0.3) is 5.69 Å². The highest BCUT2D eigenvalue weighted by Gasteiger charge is 2.10. The second-order valence-electron chi connectivity index (χ2n) is 3.22. The fourth-order valence-corrected chi connectivity index (χ4v) is 1.31. The summed E-state index contributed by atoms with van der Waals surface area (Å²) in [6.45, 7) is 1.78. The zero-order valence-corrected chi connectivity index (χ0v) is 8.04. The maximum absolute atomic E-state index is 13.1. The van der Waals surface area contributed by atoms with Crippen molar-refractivity contribution in [2.75, 3.05) is 5.73 Å². The number of aromatic nitrogens is 2. The Morgan fingerprint density at radius 2 is 2.07 bits per heavy atom. The number of hydrogen-bond acceptors (Lipinski definition) is 2. The average Bonchev–Trinajstić information content (AvgIpc) is 2.58. The standard InChI is InChI=1S/C10H9F2N3/c1-6-2-3-15(14-6)9-5-7(11)4-8(12)10(9)13/h2-5H,13H2,1H3. The number of nitrogen functional groups attached to an aromatic ring is 1. The maximum Gasteiger partial charge on any atom is 0.151 e. The van der Waals surface area contributed by atoms with Crippen LogP contribution < -0.4 is 5.73 Å². The van der Waals surface area contributed by atoms with Crippen molar-refractivity contribution in [3.05, 3.63) is 41.7 Å². The summed E-state index contributed by atoms with van der Waals surface area (Å²) < 4.78 is 27.4. The first-order valence-electron chi connectivity index (χ1n) is 4.35. The first-order chi connectivity index (χ1) is 7.08. The third-order valence-corrected chi connectivity index (χ3v) is 2.04. The van der Waals surface area contributed by atoms with E-state index in [0.29, 0.717) is 0 Å². The van der Waals surface area contributed by atoms with Crippen molar-refractivity contribution >= 4 is 5.69 Å². The van der Waals surface area contributed by atoms with Gasteiger partial charge in [0.1, 0.15) is 5.82 Å². The van der Waals surface area contributed by atoms with Crippen molar-refractivity contribution < 1.29 is 8.78 Å². The molecule has 5 heteroatoms. The van der Waals surface area contributed by atoms with Crippen molar-refractivity contribution in [1.29, 1.82) is 0 Å². The van der Waals surface area contributed by atoms with Crippen LogP contribution >= 0.6 is 0 Å². The molecule has 0 aliphatic carbocycles. The molecule has 1 heterocycles. The molecule has 0 bridgehead atoms. The topological polar surface area (TPSA) is 43.8 Å². The lowest BCUT2D eigenvalue weighted by Crippen LogP contribution is -2.03. The lowest BCUT2D eigenvalue weighted by atomic mass is 10.2. The summed E-state index contributed by atoms with van der Waals surface area (Å²) in [5.41, 5.74) is 6.34. The zero-order valence-electron chi connectivity index (χ0n) is 8.04. The van der Waals surface area contributed by atoms with Crippen LogP contribution in [-0.2, 0) is 0 Å². The molecule has 1 aromatic heterocycles. The minimum Gasteiger partial charge on any atom is -0.395 e. The Balaban J connectivity index is 2.62. The van der Waals surface area contributed by atoms with Crippen molar-refractivity contribution in [2.24, 2.45) is 0 Å². The third kappa shape index (κ3) is 1.68. The highest BCUT2D eigenvalue weighted by Crippen LogP contribution is 2.21. The molecule has 0 fully saturated rings. The molecule has 1 aromatic carbocycles. The molecular weight excluding hydrogens is 200 g/mol. The van der Waals surface area contributed by atoms with Crippen LogP contribution in [0.5, 0.6) is 0 Å². The fourth-order valence-electron chi connectivity index (χ4n) is 1.31. The predicted molar refractivity (Wildman–Crippen MR) is 52.6 cm³/mol. The van der Waals surface area contributed by atoms with Gasteiger partial charge in [-0.05, 0) is 13.0 Å². The van der Waals surface area contributed by atoms with Crippen LogP contribution in [0.2, 0.25) is 0 Å². The molecule has 2 rings (SSSR count). The van der Waals surface area contributed by atoms with Gasteiger partial charge >= 0.3 is 0 Å². The number of aryl methyl sites for hydroxylation is 1. The van der Waals surface area contributed by atoms with Gasteiger partial charge in [-0.25, -0.2) is 13.5 Å². The molecule has 2 aromatic rings. The van der Waals surface area contributed by atoms with E-state index in [9.17, 15) is 8.78 Å². The summed E-state index contributed by atoms with van der Waals surface area (Å²) in [5, 5.41) is 4.03. The number of nitrogens with two attached hydrogens (primary N) is 1. The molecule has 0 saturated carbocycles. The molecule has 0 aliphatic heterocycles. The Morgan fingerprint density at radius 1 is 1.33 bits per heavy atom. The lowest BCUT2D eigenvalue weighted by molar-refractivity contribution is 0.583. The van der Waals surface area contributed by atoms with Crippen LogP contribution in [0.4, 0.5) is 14.5 Å². The number of benzene rings is 1. The molecule has 15 heavy (non-hydrogen) atoms. The van der Waals surface area contributed by atoms with Gasteiger partial charge < -0.3 is 5.73 Å². The van der Waals surface area contributed by atoms with Gasteiger partial charge in [0.25, 0.3) is 0 Å². The predicted octanol–water partition coefficient (Wildman–Crippen LogP) is 2.04. The molecule has 0 saturated heterocycles. The van der Waals surface area contributed by atoms with Crippen molar-refractivity contribution in [2.45, 2.75) is 6.92 Å². The van der Waals surface area contributed by atoms with E-state index in [4.69, 9.17) is 5.73 Å². The Labute approximate surface area is 85.1 Å². The van der Waals surface area contributed by atoms with Gasteiger partial charge in [-0.15, -0.1) is 0 Å². The van der Waals surface area contributed by atoms with Gasteiger partial charge in [-0.1, -0.05) is 0 Å². The van der Waals surface area contributed by atoms with Crippen LogP contribution in [0.15, 0.2) is 24.4 Å². The van der Waals surface area contributed by atoms with E-state index in [0.717, 1.165) is 17.8 Å². The number of hydrogen-bond donors (Lipinski definition) is 1. The van der Waals surface area contributed by atoms with Gasteiger partial charge in [0, 0.05) is 18.3 Å². The number of halogens is 2. The van der Waals surface area contributed by atoms with E-state index in [1.54, 1.807) is 19.2 Å². The van der Waals surface area contributed by atoms with Crippen LogP contribution in [0.1, 0.15) is 5.69 Å². The van der Waals surface area contributed by atoms with Gasteiger partial charge in [0.05, 0.1) is 17.1 Å². The lowest BCUT2D eigenvalue weighted by Gasteiger charge is -2.06. The Hall–Kier alpha value is -1.91. The summed E-state index contributed by atoms with van der Waals surface area (Å²) in [6.07, 6.45) is 1.60. The normalized spacial score (nSPS) is 10.6. The molecule has 0 amide bonds. The molecule has 0 aliphatic rings. The minimum atomic E-state index is -0.779. The first-order valence-corrected chi connectivity index (χ1v) is 4.35. The van der Waals surface area contributed by atoms with E-state index < -0.39 is 11.6 Å². The number of nitrogens with zero attached hydrogens (tertiary/aromatic N) is 2. The number of rotatable bonds is 1. The number of anilines is 1. The Morgan fingerprint density at radius 3 is 2.67 bits per heavy atom. The Bertz CT molecular complexity index is 505. The van der Waals surface area contributed by atoms with Gasteiger partial charge in [-0.2, -0.15) is 5.10 Å². The second-order valence-corrected chi connectivity index (χ2v) is 3.22. The minimum absolute atomic E-state index is 0.112.